The molecule has 1 aromatic heterocycles. The molecular weight excluding hydrogens is 394 g/mol. The molecule has 1 amide bonds. The number of hydrogen-bond acceptors (Lipinski definition) is 8. The fourth-order valence-corrected chi connectivity index (χ4v) is 5.10. The molecular formula is C20H32N3O5S+. The van der Waals surface area contributed by atoms with E-state index in [1.54, 1.807) is 18.4 Å². The van der Waals surface area contributed by atoms with Gasteiger partial charge in [0, 0.05) is 31.0 Å². The van der Waals surface area contributed by atoms with Crippen molar-refractivity contribution in [2.45, 2.75) is 64.2 Å². The Hall–Kier alpha value is -1.55. The zero-order valence-corrected chi connectivity index (χ0v) is 18.8. The Kier molecular flexibility index (Phi) is 6.62. The van der Waals surface area contributed by atoms with Crippen LogP contribution in [0.3, 0.4) is 0 Å². The molecule has 2 saturated heterocycles. The summed E-state index contributed by atoms with van der Waals surface area (Å²) < 4.78 is 16.2. The van der Waals surface area contributed by atoms with E-state index in [0.717, 1.165) is 22.7 Å². The van der Waals surface area contributed by atoms with Gasteiger partial charge in [-0.3, -0.25) is 4.79 Å². The maximum absolute atomic E-state index is 13.4. The van der Waals surface area contributed by atoms with E-state index in [-0.39, 0.29) is 28.8 Å². The quantitative estimate of drug-likeness (QED) is 0.511. The molecule has 162 valence electrons. The zero-order valence-electron chi connectivity index (χ0n) is 18.0. The van der Waals surface area contributed by atoms with E-state index in [0.29, 0.717) is 32.5 Å². The van der Waals surface area contributed by atoms with Gasteiger partial charge in [0.25, 0.3) is 0 Å². The number of methoxy groups -OCH3 is 2. The summed E-state index contributed by atoms with van der Waals surface area (Å²) in [5, 5.41) is 3.09. The molecule has 0 aliphatic carbocycles. The van der Waals surface area contributed by atoms with Gasteiger partial charge < -0.3 is 14.2 Å². The van der Waals surface area contributed by atoms with Crippen molar-refractivity contribution in [3.8, 4) is 0 Å². The Morgan fingerprint density at radius 1 is 1.31 bits per heavy atom. The molecule has 0 bridgehead atoms. The summed E-state index contributed by atoms with van der Waals surface area (Å²) in [5.41, 5.74) is -0.560. The number of nitrogens with zero attached hydrogens (tertiary/aromatic N) is 3. The lowest BCUT2D eigenvalue weighted by Gasteiger charge is -2.49. The van der Waals surface area contributed by atoms with Crippen LogP contribution in [0.1, 0.15) is 56.0 Å². The largest absolute Gasteiger partial charge is 0.537 e. The average molecular weight is 427 g/mol. The summed E-state index contributed by atoms with van der Waals surface area (Å²) in [7, 11) is 3.10. The first kappa shape index (κ1) is 22.1. The molecule has 2 fully saturated rings. The van der Waals surface area contributed by atoms with Crippen LogP contribution >= 0.6 is 11.3 Å². The fourth-order valence-electron chi connectivity index (χ4n) is 3.99. The first-order valence-corrected chi connectivity index (χ1v) is 10.9. The number of carbonyl (C=O) groups is 2. The second-order valence-corrected chi connectivity index (χ2v) is 9.81. The van der Waals surface area contributed by atoms with Crippen LogP contribution in [0.5, 0.6) is 0 Å². The molecule has 0 radical (unpaired) electrons. The number of aromatic nitrogens is 1. The highest BCUT2D eigenvalue weighted by Gasteiger charge is 2.60. The molecule has 0 saturated carbocycles. The molecule has 0 aromatic carbocycles. The number of thiazole rings is 1. The minimum atomic E-state index is -0.560. The lowest BCUT2D eigenvalue weighted by molar-refractivity contribution is -0.996. The highest BCUT2D eigenvalue weighted by atomic mass is 32.1. The predicted octanol–water partition coefficient (Wildman–Crippen LogP) is 3.08. The first-order valence-electron chi connectivity index (χ1n) is 10.1. The minimum Gasteiger partial charge on any atom is -0.469 e. The highest BCUT2D eigenvalue weighted by Crippen LogP contribution is 2.45. The average Bonchev–Trinajstić information content (AvgIpc) is 3.24. The van der Waals surface area contributed by atoms with Gasteiger partial charge in [-0.2, -0.15) is 4.79 Å². The molecule has 2 atom stereocenters. The lowest BCUT2D eigenvalue weighted by Crippen LogP contribution is -2.72. The van der Waals surface area contributed by atoms with Crippen LogP contribution < -0.4 is 0 Å². The molecule has 0 N–H and O–H groups in total. The molecule has 8 nitrogen and oxygen atoms in total. The van der Waals surface area contributed by atoms with Gasteiger partial charge in [0.05, 0.1) is 32.7 Å². The zero-order chi connectivity index (χ0) is 21.2. The Bertz CT molecular complexity index is 741. The van der Waals surface area contributed by atoms with Crippen LogP contribution in [0.2, 0.25) is 0 Å². The number of amides is 1. The normalized spacial score (nSPS) is 25.6. The number of esters is 1. The van der Waals surface area contributed by atoms with Gasteiger partial charge in [0.1, 0.15) is 12.1 Å². The summed E-state index contributed by atoms with van der Waals surface area (Å²) in [4.78, 5) is 30.6. The molecule has 1 aromatic rings. The van der Waals surface area contributed by atoms with Crippen molar-refractivity contribution >= 4 is 23.4 Å². The van der Waals surface area contributed by atoms with Crippen LogP contribution in [0.25, 0.3) is 0 Å². The van der Waals surface area contributed by atoms with Gasteiger partial charge >= 0.3 is 12.1 Å². The number of ether oxygens (including phenoxy) is 3. The second kappa shape index (κ2) is 8.67. The fraction of sp³-hybridized carbons (Fsp3) is 0.750. The van der Waals surface area contributed by atoms with Crippen molar-refractivity contribution in [3.05, 3.63) is 16.1 Å². The van der Waals surface area contributed by atoms with Crippen LogP contribution in [0.15, 0.2) is 6.20 Å². The minimum absolute atomic E-state index is 0.0699. The number of quaternary nitrogens is 1. The Balaban J connectivity index is 1.85. The Labute approximate surface area is 176 Å². The number of hydrogen-bond donors (Lipinski definition) is 0. The number of aryl methyl sites for hydroxylation is 1. The maximum Gasteiger partial charge on any atom is 0.537 e. The van der Waals surface area contributed by atoms with Crippen molar-refractivity contribution in [2.24, 2.45) is 0 Å². The van der Waals surface area contributed by atoms with Crippen molar-refractivity contribution in [3.63, 3.8) is 0 Å². The van der Waals surface area contributed by atoms with Crippen LogP contribution in [0, 0.1) is 0 Å². The molecule has 9 heteroatoms. The number of rotatable bonds is 6. The summed E-state index contributed by atoms with van der Waals surface area (Å²) in [6.45, 7) is 7.80. The van der Waals surface area contributed by atoms with E-state index in [1.165, 1.54) is 7.11 Å². The number of likely N-dealkylation sites (tertiary alicyclic amines) is 1. The SMILES string of the molecule is COC(=O)CCc1cnc([C@@H]2CCC[N+]2(C(=O)OC(C)(C)C)N2CC(OC)C2)s1. The van der Waals surface area contributed by atoms with Crippen molar-refractivity contribution in [1.82, 2.24) is 9.99 Å². The van der Waals surface area contributed by atoms with Gasteiger partial charge in [0.2, 0.25) is 0 Å². The Morgan fingerprint density at radius 2 is 2.03 bits per heavy atom. The molecule has 29 heavy (non-hydrogen) atoms. The molecule has 1 unspecified atom stereocenters. The van der Waals surface area contributed by atoms with Crippen molar-refractivity contribution in [2.75, 3.05) is 33.9 Å². The van der Waals surface area contributed by atoms with E-state index >= 15 is 0 Å². The molecule has 2 aliphatic rings. The predicted molar refractivity (Wildman–Crippen MR) is 108 cm³/mol. The number of carbonyl (C=O) groups excluding carboxylic acids is 2. The topological polar surface area (TPSA) is 78.0 Å². The summed E-state index contributed by atoms with van der Waals surface area (Å²) in [5.74, 6) is -0.231. The summed E-state index contributed by atoms with van der Waals surface area (Å²) in [6, 6.07) is -0.0699. The van der Waals surface area contributed by atoms with E-state index in [1.807, 2.05) is 27.0 Å². The van der Waals surface area contributed by atoms with E-state index < -0.39 is 5.60 Å². The third kappa shape index (κ3) is 4.63. The smallest absolute Gasteiger partial charge is 0.469 e. The van der Waals surface area contributed by atoms with Crippen molar-refractivity contribution in [1.29, 1.82) is 0 Å². The monoisotopic (exact) mass is 426 g/mol. The van der Waals surface area contributed by atoms with Crippen molar-refractivity contribution < 1.29 is 28.4 Å². The van der Waals surface area contributed by atoms with Gasteiger partial charge in [0.15, 0.2) is 11.0 Å². The van der Waals surface area contributed by atoms with E-state index in [9.17, 15) is 9.59 Å². The molecule has 2 aliphatic heterocycles. The van der Waals surface area contributed by atoms with Gasteiger partial charge in [-0.1, -0.05) is 0 Å². The molecule has 3 heterocycles. The Morgan fingerprint density at radius 3 is 2.66 bits per heavy atom. The van der Waals surface area contributed by atoms with Gasteiger partial charge in [-0.15, -0.1) is 20.9 Å². The van der Waals surface area contributed by atoms with Crippen LogP contribution in [0.4, 0.5) is 4.79 Å². The summed E-state index contributed by atoms with van der Waals surface area (Å²) >= 11 is 1.58. The molecule has 3 rings (SSSR count). The third-order valence-electron chi connectivity index (χ3n) is 5.53. The first-order chi connectivity index (χ1) is 13.7. The van der Waals surface area contributed by atoms with E-state index in [4.69, 9.17) is 14.2 Å². The maximum atomic E-state index is 13.4. The van der Waals surface area contributed by atoms with Gasteiger partial charge in [-0.25, -0.2) is 4.98 Å². The standard InChI is InChI=1S/C20H32N3O5S/c1-20(2,3)28-19(25)23(22-12-14(13-22)26-4)10-6-7-16(23)18-21-11-15(29-18)8-9-17(24)27-5/h11,14,16H,6-10,12-13H2,1-5H3/q+1/t16-,23?/m0/s1. The third-order valence-corrected chi connectivity index (χ3v) is 6.69. The highest BCUT2D eigenvalue weighted by molar-refractivity contribution is 7.11. The van der Waals surface area contributed by atoms with E-state index in [2.05, 4.69) is 9.99 Å². The van der Waals surface area contributed by atoms with Crippen LogP contribution in [-0.2, 0) is 25.4 Å². The lowest BCUT2D eigenvalue weighted by atomic mass is 10.1. The molecule has 0 spiro atoms. The van der Waals surface area contributed by atoms with Gasteiger partial charge in [-0.05, 0) is 27.2 Å². The second-order valence-electron chi connectivity index (χ2n) is 8.66. The van der Waals surface area contributed by atoms with Crippen LogP contribution in [-0.4, -0.2) is 72.2 Å². The summed E-state index contributed by atoms with van der Waals surface area (Å²) in [6.07, 6.45) is 4.46.